The Hall–Kier alpha value is -2.19. The van der Waals surface area contributed by atoms with Crippen LogP contribution in [0.25, 0.3) is 10.8 Å². The second-order valence-electron chi connectivity index (χ2n) is 8.84. The molecule has 0 unspecified atom stereocenters. The van der Waals surface area contributed by atoms with Crippen LogP contribution in [0, 0.1) is 0 Å². The topological polar surface area (TPSA) is 79.8 Å². The second-order valence-corrected chi connectivity index (χ2v) is 10.7. The Morgan fingerprint density at radius 3 is 2.57 bits per heavy atom. The van der Waals surface area contributed by atoms with E-state index in [1.165, 1.54) is 4.31 Å². The van der Waals surface area contributed by atoms with Gasteiger partial charge in [0.15, 0.2) is 0 Å². The summed E-state index contributed by atoms with van der Waals surface area (Å²) in [5, 5.41) is 1.73. The lowest BCUT2D eigenvalue weighted by Gasteiger charge is -2.32. The molecule has 1 aromatic heterocycles. The maximum absolute atomic E-state index is 13.5. The number of carbonyl (C=O) groups is 1. The summed E-state index contributed by atoms with van der Waals surface area (Å²) in [5.41, 5.74) is -0.593. The van der Waals surface area contributed by atoms with Crippen molar-refractivity contribution in [1.29, 1.82) is 0 Å². The molecule has 0 bridgehead atoms. The number of hydrogen-bond donors (Lipinski definition) is 0. The fraction of sp³-hybridized carbons (Fsp3) is 0.545. The van der Waals surface area contributed by atoms with E-state index in [0.717, 1.165) is 30.0 Å². The number of aromatic nitrogens is 1. The first-order chi connectivity index (χ1) is 14.1. The molecule has 2 heterocycles. The van der Waals surface area contributed by atoms with Crippen molar-refractivity contribution in [2.75, 3.05) is 19.6 Å². The van der Waals surface area contributed by atoms with Gasteiger partial charge in [-0.2, -0.15) is 4.31 Å². The molecule has 30 heavy (non-hydrogen) atoms. The molecule has 0 spiro atoms. The van der Waals surface area contributed by atoms with Crippen LogP contribution in [0.5, 0.6) is 0 Å². The average molecular weight is 434 g/mol. The van der Waals surface area contributed by atoms with Crippen molar-refractivity contribution >= 4 is 26.9 Å². The Morgan fingerprint density at radius 2 is 1.83 bits per heavy atom. The predicted molar refractivity (Wildman–Crippen MR) is 117 cm³/mol. The van der Waals surface area contributed by atoms with Crippen molar-refractivity contribution in [3.05, 3.63) is 36.7 Å². The van der Waals surface area contributed by atoms with Crippen LogP contribution in [0.2, 0.25) is 0 Å². The predicted octanol–water partition coefficient (Wildman–Crippen LogP) is 4.04. The molecule has 1 atom stereocenters. The SMILES string of the molecule is C[C@@H]1CN(C(=O)OC(C)(C)C)CCCCCN1S(=O)(=O)c1ccc2cnccc2c1. The first kappa shape index (κ1) is 22.5. The molecule has 1 aromatic carbocycles. The van der Waals surface area contributed by atoms with Crippen LogP contribution >= 0.6 is 0 Å². The lowest BCUT2D eigenvalue weighted by Crippen LogP contribution is -2.47. The Morgan fingerprint density at radius 1 is 1.10 bits per heavy atom. The normalized spacial score (nSPS) is 19.7. The number of amides is 1. The molecule has 7 nitrogen and oxygen atoms in total. The highest BCUT2D eigenvalue weighted by atomic mass is 32.2. The molecular formula is C22H31N3O4S. The number of nitrogens with zero attached hydrogens (tertiary/aromatic N) is 3. The highest BCUT2D eigenvalue weighted by molar-refractivity contribution is 7.89. The van der Waals surface area contributed by atoms with Crippen LogP contribution in [0.4, 0.5) is 4.79 Å². The van der Waals surface area contributed by atoms with Gasteiger partial charge in [0.05, 0.1) is 4.90 Å². The minimum absolute atomic E-state index is 0.260. The van der Waals surface area contributed by atoms with Crippen LogP contribution in [0.1, 0.15) is 47.0 Å². The molecule has 1 aliphatic rings. The van der Waals surface area contributed by atoms with Crippen molar-refractivity contribution in [2.24, 2.45) is 0 Å². The zero-order valence-corrected chi connectivity index (χ0v) is 19.0. The maximum atomic E-state index is 13.5. The Kier molecular flexibility index (Phi) is 6.67. The number of fused-ring (bicyclic) bond motifs is 1. The molecule has 0 radical (unpaired) electrons. The number of benzene rings is 1. The lowest BCUT2D eigenvalue weighted by molar-refractivity contribution is 0.0222. The first-order valence-electron chi connectivity index (χ1n) is 10.4. The van der Waals surface area contributed by atoms with Gasteiger partial charge in [0.1, 0.15) is 5.60 Å². The average Bonchev–Trinajstić information content (AvgIpc) is 2.76. The van der Waals surface area contributed by atoms with Crippen LogP contribution in [0.3, 0.4) is 0 Å². The van der Waals surface area contributed by atoms with Gasteiger partial charge in [-0.1, -0.05) is 12.5 Å². The summed E-state index contributed by atoms with van der Waals surface area (Å²) in [6, 6.07) is 6.54. The van der Waals surface area contributed by atoms with Gasteiger partial charge in [-0.05, 0) is 64.1 Å². The molecule has 3 rings (SSSR count). The number of ether oxygens (including phenoxy) is 1. The van der Waals surface area contributed by atoms with Gasteiger partial charge in [0.2, 0.25) is 10.0 Å². The number of pyridine rings is 1. The van der Waals surface area contributed by atoms with Gasteiger partial charge in [0, 0.05) is 43.5 Å². The van der Waals surface area contributed by atoms with Crippen LogP contribution in [0.15, 0.2) is 41.6 Å². The quantitative estimate of drug-likeness (QED) is 0.714. The number of carbonyl (C=O) groups excluding carboxylic acids is 1. The monoisotopic (exact) mass is 433 g/mol. The summed E-state index contributed by atoms with van der Waals surface area (Å²) in [6.45, 7) is 8.64. The van der Waals surface area contributed by atoms with Crippen molar-refractivity contribution in [1.82, 2.24) is 14.2 Å². The second kappa shape index (κ2) is 8.89. The molecule has 8 heteroatoms. The van der Waals surface area contributed by atoms with E-state index in [4.69, 9.17) is 4.74 Å². The first-order valence-corrected chi connectivity index (χ1v) is 11.9. The summed E-state index contributed by atoms with van der Waals surface area (Å²) in [4.78, 5) is 18.6. The number of hydrogen-bond acceptors (Lipinski definition) is 5. The smallest absolute Gasteiger partial charge is 0.410 e. The number of rotatable bonds is 2. The van der Waals surface area contributed by atoms with Crippen molar-refractivity contribution in [3.8, 4) is 0 Å². The van der Waals surface area contributed by atoms with E-state index in [1.807, 2.05) is 27.7 Å². The third-order valence-electron chi connectivity index (χ3n) is 5.15. The minimum atomic E-state index is -3.71. The van der Waals surface area contributed by atoms with Gasteiger partial charge in [0.25, 0.3) is 0 Å². The van der Waals surface area contributed by atoms with Crippen LogP contribution in [-0.2, 0) is 14.8 Å². The van der Waals surface area contributed by atoms with Gasteiger partial charge in [-0.15, -0.1) is 0 Å². The van der Waals surface area contributed by atoms with Crippen LogP contribution in [-0.4, -0.2) is 60.0 Å². The van der Waals surface area contributed by atoms with Crippen LogP contribution < -0.4 is 0 Å². The molecule has 164 valence electrons. The largest absolute Gasteiger partial charge is 0.444 e. The Labute approximate surface area is 179 Å². The molecular weight excluding hydrogens is 402 g/mol. The fourth-order valence-corrected chi connectivity index (χ4v) is 5.37. The standard InChI is InChI=1S/C22H31N3O4S/c1-17-16-24(21(26)29-22(2,3)4)12-6-5-7-13-25(17)30(27,28)20-9-8-19-15-23-11-10-18(19)14-20/h8-11,14-15,17H,5-7,12-13,16H2,1-4H3/t17-/m1/s1. The van der Waals surface area contributed by atoms with Crippen molar-refractivity contribution < 1.29 is 17.9 Å². The molecule has 0 N–H and O–H groups in total. The lowest BCUT2D eigenvalue weighted by atomic mass is 10.2. The van der Waals surface area contributed by atoms with E-state index < -0.39 is 21.7 Å². The highest BCUT2D eigenvalue weighted by Crippen LogP contribution is 2.25. The zero-order valence-electron chi connectivity index (χ0n) is 18.2. The summed E-state index contributed by atoms with van der Waals surface area (Å²) >= 11 is 0. The summed E-state index contributed by atoms with van der Waals surface area (Å²) in [5.74, 6) is 0. The van der Waals surface area contributed by atoms with Crippen molar-refractivity contribution in [2.45, 2.75) is 63.5 Å². The summed E-state index contributed by atoms with van der Waals surface area (Å²) in [7, 11) is -3.71. The van der Waals surface area contributed by atoms with E-state index in [2.05, 4.69) is 4.98 Å². The van der Waals surface area contributed by atoms with Gasteiger partial charge in [-0.25, -0.2) is 13.2 Å². The third-order valence-corrected chi connectivity index (χ3v) is 7.16. The van der Waals surface area contributed by atoms with E-state index in [0.29, 0.717) is 19.6 Å². The number of sulfonamides is 1. The van der Waals surface area contributed by atoms with E-state index in [9.17, 15) is 13.2 Å². The molecule has 1 fully saturated rings. The zero-order chi connectivity index (χ0) is 21.9. The van der Waals surface area contributed by atoms with Gasteiger partial charge in [-0.3, -0.25) is 4.98 Å². The summed E-state index contributed by atoms with van der Waals surface area (Å²) < 4.78 is 34.1. The van der Waals surface area contributed by atoms with E-state index in [-0.39, 0.29) is 10.9 Å². The van der Waals surface area contributed by atoms with E-state index in [1.54, 1.807) is 41.6 Å². The van der Waals surface area contributed by atoms with Crippen molar-refractivity contribution in [3.63, 3.8) is 0 Å². The molecule has 1 saturated heterocycles. The molecule has 0 saturated carbocycles. The Balaban J connectivity index is 1.87. The molecule has 1 aliphatic heterocycles. The van der Waals surface area contributed by atoms with Gasteiger partial charge < -0.3 is 9.64 Å². The molecule has 0 aliphatic carbocycles. The third kappa shape index (κ3) is 5.29. The molecule has 1 amide bonds. The summed E-state index contributed by atoms with van der Waals surface area (Å²) in [6.07, 6.45) is 5.40. The van der Waals surface area contributed by atoms with E-state index >= 15 is 0 Å². The Bertz CT molecular complexity index is 1000. The minimum Gasteiger partial charge on any atom is -0.444 e. The van der Waals surface area contributed by atoms with Gasteiger partial charge >= 0.3 is 6.09 Å². The highest BCUT2D eigenvalue weighted by Gasteiger charge is 2.33. The maximum Gasteiger partial charge on any atom is 0.410 e. The molecule has 2 aromatic rings. The fourth-order valence-electron chi connectivity index (χ4n) is 3.68.